The van der Waals surface area contributed by atoms with Crippen molar-refractivity contribution in [2.75, 3.05) is 26.0 Å². The number of esters is 1. The Morgan fingerprint density at radius 2 is 1.92 bits per heavy atom. The van der Waals surface area contributed by atoms with E-state index in [1.165, 1.54) is 11.8 Å². The number of amides is 1. The molecule has 1 atom stereocenters. The van der Waals surface area contributed by atoms with Crippen molar-refractivity contribution in [3.8, 4) is 0 Å². The van der Waals surface area contributed by atoms with Gasteiger partial charge in [0, 0.05) is 34.9 Å². The Hall–Kier alpha value is -2.44. The molecular formula is C25H26ClN3O5S3. The summed E-state index contributed by atoms with van der Waals surface area (Å²) >= 11 is 8.49. The van der Waals surface area contributed by atoms with Crippen molar-refractivity contribution in [3.63, 3.8) is 0 Å². The average Bonchev–Trinajstić information content (AvgIpc) is 3.30. The second kappa shape index (κ2) is 11.5. The number of fused-ring (bicyclic) bond motifs is 1. The van der Waals surface area contributed by atoms with Crippen LogP contribution in [-0.2, 0) is 30.9 Å². The predicted molar refractivity (Wildman–Crippen MR) is 148 cm³/mol. The minimum Gasteiger partial charge on any atom is -0.466 e. The lowest BCUT2D eigenvalue weighted by atomic mass is 10.1. The third-order valence-electron chi connectivity index (χ3n) is 6.02. The van der Waals surface area contributed by atoms with Crippen LogP contribution in [0.3, 0.4) is 0 Å². The number of hydrogen-bond donors (Lipinski definition) is 1. The van der Waals surface area contributed by atoms with Gasteiger partial charge in [-0.3, -0.25) is 15.0 Å². The molecule has 196 valence electrons. The number of rotatable bonds is 8. The summed E-state index contributed by atoms with van der Waals surface area (Å²) in [7, 11) is -4.07. The van der Waals surface area contributed by atoms with E-state index < -0.39 is 27.9 Å². The lowest BCUT2D eigenvalue weighted by Crippen LogP contribution is -2.58. The highest BCUT2D eigenvalue weighted by atomic mass is 35.5. The minimum atomic E-state index is -4.07. The molecule has 0 spiro atoms. The summed E-state index contributed by atoms with van der Waals surface area (Å²) in [5, 5.41) is 9.62. The monoisotopic (exact) mass is 579 g/mol. The molecule has 1 N–H and O–H groups in total. The second-order valence-electron chi connectivity index (χ2n) is 8.38. The summed E-state index contributed by atoms with van der Waals surface area (Å²) in [5.74, 6) is -1.08. The normalized spacial score (nSPS) is 16.8. The number of thioether (sulfide) groups is 1. The molecule has 1 unspecified atom stereocenters. The lowest BCUT2D eigenvalue weighted by Gasteiger charge is -2.39. The molecule has 1 aliphatic heterocycles. The molecule has 1 saturated heterocycles. The van der Waals surface area contributed by atoms with E-state index in [1.807, 2.05) is 30.5 Å². The molecule has 1 amide bonds. The first-order chi connectivity index (χ1) is 17.6. The Bertz CT molecular complexity index is 1440. The van der Waals surface area contributed by atoms with E-state index in [9.17, 15) is 18.0 Å². The van der Waals surface area contributed by atoms with E-state index >= 15 is 0 Å². The molecular weight excluding hydrogens is 554 g/mol. The Morgan fingerprint density at radius 1 is 1.19 bits per heavy atom. The number of hydrogen-bond acceptors (Lipinski definition) is 8. The highest BCUT2D eigenvalue weighted by Gasteiger charge is 2.43. The van der Waals surface area contributed by atoms with Crippen LogP contribution < -0.4 is 0 Å². The first-order valence-electron chi connectivity index (χ1n) is 11.5. The maximum absolute atomic E-state index is 13.7. The van der Waals surface area contributed by atoms with Crippen molar-refractivity contribution in [2.45, 2.75) is 30.1 Å². The van der Waals surface area contributed by atoms with Crippen LogP contribution >= 0.6 is 34.7 Å². The van der Waals surface area contributed by atoms with Crippen LogP contribution in [0.2, 0.25) is 5.02 Å². The standard InChI is InChI=1S/C25H26ClN3O5S3/c1-3-34-22(30)14-20-25(31)28(15-16-4-6-17(7-5-16)24(27)35-2)10-11-29(20)37(32,33)23-12-18-8-9-19(26)13-21(18)36-23/h4-9,12-13,20,27H,3,10-11,14-15H2,1-2H3. The molecule has 2 aromatic carbocycles. The van der Waals surface area contributed by atoms with Gasteiger partial charge in [0.25, 0.3) is 10.0 Å². The summed E-state index contributed by atoms with van der Waals surface area (Å²) in [4.78, 5) is 27.5. The second-order valence-corrected chi connectivity index (χ2v) is 12.8. The SMILES string of the molecule is CCOC(=O)CC1C(=O)N(Cc2ccc(C(=N)SC)cc2)CCN1S(=O)(=O)c1cc2ccc(Cl)cc2s1. The quantitative estimate of drug-likeness (QED) is 0.237. The van der Waals surface area contributed by atoms with Gasteiger partial charge in [-0.05, 0) is 42.3 Å². The van der Waals surface area contributed by atoms with Gasteiger partial charge in [0.2, 0.25) is 5.91 Å². The van der Waals surface area contributed by atoms with Gasteiger partial charge in [-0.15, -0.1) is 23.1 Å². The topological polar surface area (TPSA) is 108 Å². The van der Waals surface area contributed by atoms with Gasteiger partial charge in [0.05, 0.1) is 18.1 Å². The molecule has 0 radical (unpaired) electrons. The first kappa shape index (κ1) is 27.6. The van der Waals surface area contributed by atoms with Crippen molar-refractivity contribution >= 4 is 71.7 Å². The maximum Gasteiger partial charge on any atom is 0.307 e. The zero-order chi connectivity index (χ0) is 26.7. The van der Waals surface area contributed by atoms with E-state index in [1.54, 1.807) is 36.1 Å². The van der Waals surface area contributed by atoms with Gasteiger partial charge in [0.15, 0.2) is 0 Å². The van der Waals surface area contributed by atoms with Crippen LogP contribution in [0.1, 0.15) is 24.5 Å². The molecule has 12 heteroatoms. The molecule has 0 saturated carbocycles. The fourth-order valence-corrected chi connectivity index (χ4v) is 7.90. The zero-order valence-electron chi connectivity index (χ0n) is 20.3. The summed E-state index contributed by atoms with van der Waals surface area (Å²) in [5.41, 5.74) is 1.63. The molecule has 4 rings (SSSR count). The molecule has 0 aliphatic carbocycles. The average molecular weight is 580 g/mol. The van der Waals surface area contributed by atoms with Gasteiger partial charge in [0.1, 0.15) is 10.3 Å². The molecule has 2 heterocycles. The molecule has 0 bridgehead atoms. The number of carbonyl (C=O) groups is 2. The fourth-order valence-electron chi connectivity index (χ4n) is 4.15. The van der Waals surface area contributed by atoms with Gasteiger partial charge < -0.3 is 9.64 Å². The number of halogens is 1. The summed E-state index contributed by atoms with van der Waals surface area (Å²) in [6.07, 6.45) is 1.46. The number of sulfonamides is 1. The molecule has 1 aromatic heterocycles. The van der Waals surface area contributed by atoms with Crippen molar-refractivity contribution in [3.05, 3.63) is 64.7 Å². The highest BCUT2D eigenvalue weighted by molar-refractivity contribution is 8.13. The van der Waals surface area contributed by atoms with E-state index in [0.29, 0.717) is 10.1 Å². The van der Waals surface area contributed by atoms with Crippen LogP contribution in [0.25, 0.3) is 10.1 Å². The van der Waals surface area contributed by atoms with Crippen molar-refractivity contribution in [2.24, 2.45) is 0 Å². The van der Waals surface area contributed by atoms with Crippen molar-refractivity contribution in [1.29, 1.82) is 5.41 Å². The van der Waals surface area contributed by atoms with Crippen molar-refractivity contribution in [1.82, 2.24) is 9.21 Å². The van der Waals surface area contributed by atoms with Crippen LogP contribution in [0, 0.1) is 5.41 Å². The Morgan fingerprint density at radius 3 is 2.59 bits per heavy atom. The van der Waals surface area contributed by atoms with Crippen LogP contribution in [0.4, 0.5) is 0 Å². The van der Waals surface area contributed by atoms with Gasteiger partial charge in [-0.25, -0.2) is 8.42 Å². The highest BCUT2D eigenvalue weighted by Crippen LogP contribution is 2.34. The summed E-state index contributed by atoms with van der Waals surface area (Å²) < 4.78 is 34.4. The van der Waals surface area contributed by atoms with Gasteiger partial charge in [-0.2, -0.15) is 4.31 Å². The number of carbonyl (C=O) groups excluding carboxylic acids is 2. The molecule has 1 aliphatic rings. The van der Waals surface area contributed by atoms with Crippen LogP contribution in [0.5, 0.6) is 0 Å². The largest absolute Gasteiger partial charge is 0.466 e. The number of ether oxygens (including phenoxy) is 1. The third kappa shape index (κ3) is 6.01. The number of thiophene rings is 1. The number of piperazine rings is 1. The van der Waals surface area contributed by atoms with E-state index in [2.05, 4.69) is 0 Å². The Labute approximate surface area is 229 Å². The van der Waals surface area contributed by atoms with Crippen molar-refractivity contribution < 1.29 is 22.7 Å². The molecule has 3 aromatic rings. The van der Waals surface area contributed by atoms with Gasteiger partial charge >= 0.3 is 5.97 Å². The van der Waals surface area contributed by atoms with E-state index in [0.717, 1.165) is 36.9 Å². The number of nitrogens with zero attached hydrogens (tertiary/aromatic N) is 2. The van der Waals surface area contributed by atoms with Crippen LogP contribution in [-0.4, -0.2) is 66.5 Å². The maximum atomic E-state index is 13.7. The fraction of sp³-hybridized carbons (Fsp3) is 0.320. The smallest absolute Gasteiger partial charge is 0.307 e. The molecule has 1 fully saturated rings. The first-order valence-corrected chi connectivity index (χ1v) is 15.4. The summed E-state index contributed by atoms with van der Waals surface area (Å²) in [6.45, 7) is 2.27. The van der Waals surface area contributed by atoms with E-state index in [4.69, 9.17) is 21.7 Å². The number of nitrogens with one attached hydrogen (secondary N) is 1. The number of benzene rings is 2. The zero-order valence-corrected chi connectivity index (χ0v) is 23.5. The molecule has 37 heavy (non-hydrogen) atoms. The summed E-state index contributed by atoms with van der Waals surface area (Å²) in [6, 6.07) is 12.8. The third-order valence-corrected chi connectivity index (χ3v) is 10.4. The van der Waals surface area contributed by atoms with E-state index in [-0.39, 0.29) is 36.9 Å². The minimum absolute atomic E-state index is 0.0440. The molecule has 8 nitrogen and oxygen atoms in total. The predicted octanol–water partition coefficient (Wildman–Crippen LogP) is 4.60. The van der Waals surface area contributed by atoms with Gasteiger partial charge in [-0.1, -0.05) is 41.9 Å². The Balaban J connectivity index is 1.61. The Kier molecular flexibility index (Phi) is 8.59. The lowest BCUT2D eigenvalue weighted by molar-refractivity contribution is -0.150. The van der Waals surface area contributed by atoms with Crippen LogP contribution in [0.15, 0.2) is 52.7 Å².